The van der Waals surface area contributed by atoms with E-state index in [-0.39, 0.29) is 12.4 Å². The average Bonchev–Trinajstić information content (AvgIpc) is 3.20. The third-order valence-corrected chi connectivity index (χ3v) is 7.38. The van der Waals surface area contributed by atoms with Crippen molar-refractivity contribution in [2.24, 2.45) is 5.41 Å². The van der Waals surface area contributed by atoms with Crippen LogP contribution in [0.5, 0.6) is 0 Å². The number of esters is 1. The monoisotopic (exact) mass is 533 g/mol. The number of aliphatic hydroxyl groups is 2. The lowest BCUT2D eigenvalue weighted by Crippen LogP contribution is -2.40. The predicted octanol–water partition coefficient (Wildman–Crippen LogP) is 1.42. The summed E-state index contributed by atoms with van der Waals surface area (Å²) in [7, 11) is -4.25. The van der Waals surface area contributed by atoms with Crippen molar-refractivity contribution in [2.45, 2.75) is 59.2 Å². The van der Waals surface area contributed by atoms with Crippen molar-refractivity contribution in [1.82, 2.24) is 19.5 Å². The van der Waals surface area contributed by atoms with E-state index in [4.69, 9.17) is 29.6 Å². The Morgan fingerprint density at radius 1 is 1.19 bits per heavy atom. The molecule has 0 radical (unpaired) electrons. The standard InChI is InChI=1S/C20H32N5O10P/c1-12(2)35-19(29)32-10-34-36(30,18(28)20(4,5)17(27)31-9-26)11-33-13(3)6-25-8-24-14-15(21)22-7-23-16(14)25/h7-8,12-13,18,26,28H,6,9-11H2,1-5H3,(H2,21,22,23)/t13-,18?,36?/m1/s1. The second-order valence-corrected chi connectivity index (χ2v) is 11.1. The minimum atomic E-state index is -4.25. The van der Waals surface area contributed by atoms with Crippen LogP contribution < -0.4 is 5.73 Å². The molecule has 0 aliphatic carbocycles. The molecule has 0 aromatic carbocycles. The minimum Gasteiger partial charge on any atom is -0.438 e. The van der Waals surface area contributed by atoms with E-state index in [2.05, 4.69) is 19.7 Å². The van der Waals surface area contributed by atoms with Crippen LogP contribution in [-0.2, 0) is 39.4 Å². The Hall–Kier alpha value is -2.84. The smallest absolute Gasteiger partial charge is 0.438 e. The molecule has 0 spiro atoms. The molecule has 0 fully saturated rings. The van der Waals surface area contributed by atoms with Crippen LogP contribution in [0.3, 0.4) is 0 Å². The number of nitrogens with zero attached hydrogens (tertiary/aromatic N) is 4. The van der Waals surface area contributed by atoms with Gasteiger partial charge in [-0.15, -0.1) is 0 Å². The minimum absolute atomic E-state index is 0.205. The van der Waals surface area contributed by atoms with E-state index >= 15 is 0 Å². The summed E-state index contributed by atoms with van der Waals surface area (Å²) in [5, 5.41) is 19.8. The van der Waals surface area contributed by atoms with E-state index in [9.17, 15) is 19.3 Å². The van der Waals surface area contributed by atoms with Gasteiger partial charge in [-0.05, 0) is 34.6 Å². The molecule has 2 rings (SSSR count). The van der Waals surface area contributed by atoms with Gasteiger partial charge in [0.2, 0.25) is 6.79 Å². The quantitative estimate of drug-likeness (QED) is 0.189. The number of anilines is 1. The van der Waals surface area contributed by atoms with Crippen LogP contribution in [0.2, 0.25) is 0 Å². The molecule has 15 nitrogen and oxygen atoms in total. The van der Waals surface area contributed by atoms with Gasteiger partial charge in [0.25, 0.3) is 7.37 Å². The van der Waals surface area contributed by atoms with Crippen LogP contribution >= 0.6 is 7.37 Å². The van der Waals surface area contributed by atoms with Gasteiger partial charge in [0.1, 0.15) is 24.0 Å². The Kier molecular flexibility index (Phi) is 10.1. The number of carbonyl (C=O) groups is 2. The Bertz CT molecular complexity index is 1090. The highest BCUT2D eigenvalue weighted by molar-refractivity contribution is 7.59. The van der Waals surface area contributed by atoms with Crippen LogP contribution in [0.25, 0.3) is 11.2 Å². The Morgan fingerprint density at radius 3 is 2.53 bits per heavy atom. The highest BCUT2D eigenvalue weighted by Crippen LogP contribution is 2.57. The van der Waals surface area contributed by atoms with E-state index in [1.54, 1.807) is 25.3 Å². The molecule has 2 unspecified atom stereocenters. The van der Waals surface area contributed by atoms with Gasteiger partial charge in [-0.1, -0.05) is 0 Å². The van der Waals surface area contributed by atoms with Gasteiger partial charge in [0.05, 0.1) is 30.5 Å². The molecule has 4 N–H and O–H groups in total. The summed E-state index contributed by atoms with van der Waals surface area (Å²) in [6.45, 7) is 5.80. The van der Waals surface area contributed by atoms with Crippen LogP contribution in [0.15, 0.2) is 12.7 Å². The van der Waals surface area contributed by atoms with Gasteiger partial charge < -0.3 is 39.5 Å². The molecule has 2 aromatic heterocycles. The van der Waals surface area contributed by atoms with Crippen molar-refractivity contribution in [3.8, 4) is 0 Å². The van der Waals surface area contributed by atoms with Crippen molar-refractivity contribution in [2.75, 3.05) is 25.7 Å². The number of rotatable bonds is 13. The second-order valence-electron chi connectivity index (χ2n) is 8.62. The highest BCUT2D eigenvalue weighted by atomic mass is 31.2. The summed E-state index contributed by atoms with van der Waals surface area (Å²) in [4.78, 5) is 36.1. The summed E-state index contributed by atoms with van der Waals surface area (Å²) >= 11 is 0. The summed E-state index contributed by atoms with van der Waals surface area (Å²) < 4.78 is 40.4. The second kappa shape index (κ2) is 12.4. The van der Waals surface area contributed by atoms with Crippen molar-refractivity contribution in [3.05, 3.63) is 12.7 Å². The van der Waals surface area contributed by atoms with Gasteiger partial charge in [0.15, 0.2) is 18.3 Å². The fraction of sp³-hybridized carbons (Fsp3) is 0.650. The lowest BCUT2D eigenvalue weighted by atomic mass is 9.95. The summed E-state index contributed by atoms with van der Waals surface area (Å²) in [6, 6.07) is 0. The van der Waals surface area contributed by atoms with Gasteiger partial charge in [-0.25, -0.2) is 19.7 Å². The fourth-order valence-electron chi connectivity index (χ4n) is 3.00. The summed E-state index contributed by atoms with van der Waals surface area (Å²) in [6.07, 6.45) is -0.0293. The number of fused-ring (bicyclic) bond motifs is 1. The number of nitrogen functional groups attached to an aromatic ring is 1. The van der Waals surface area contributed by atoms with Crippen molar-refractivity contribution in [3.63, 3.8) is 0 Å². The van der Waals surface area contributed by atoms with Gasteiger partial charge in [0, 0.05) is 0 Å². The number of nitrogens with two attached hydrogens (primary N) is 1. The number of hydrogen-bond acceptors (Lipinski definition) is 14. The Labute approximate surface area is 207 Å². The zero-order valence-electron chi connectivity index (χ0n) is 20.7. The normalized spacial score (nSPS) is 15.3. The molecule has 0 amide bonds. The average molecular weight is 533 g/mol. The van der Waals surface area contributed by atoms with Crippen molar-refractivity contribution in [1.29, 1.82) is 0 Å². The molecule has 0 bridgehead atoms. The Balaban J connectivity index is 2.15. The van der Waals surface area contributed by atoms with E-state index in [0.29, 0.717) is 11.2 Å². The van der Waals surface area contributed by atoms with E-state index in [1.807, 2.05) is 0 Å². The SMILES string of the molecule is CC(C)OC(=O)OCOP(=O)(CO[C@H](C)Cn1cnc2c(N)ncnc21)C(O)C(C)(C)C(=O)OCO. The maximum absolute atomic E-state index is 13.7. The molecule has 2 heterocycles. The first kappa shape index (κ1) is 29.4. The van der Waals surface area contributed by atoms with Crippen molar-refractivity contribution >= 4 is 36.5 Å². The first-order valence-electron chi connectivity index (χ1n) is 10.9. The van der Waals surface area contributed by atoms with Gasteiger partial charge >= 0.3 is 12.1 Å². The van der Waals surface area contributed by atoms with Crippen LogP contribution in [0, 0.1) is 5.41 Å². The third-order valence-electron chi connectivity index (χ3n) is 4.94. The molecule has 202 valence electrons. The molecule has 0 saturated carbocycles. The number of hydrogen-bond donors (Lipinski definition) is 3. The van der Waals surface area contributed by atoms with E-state index < -0.39 is 62.9 Å². The molecular weight excluding hydrogens is 501 g/mol. The summed E-state index contributed by atoms with van der Waals surface area (Å²) in [5.41, 5.74) is 4.88. The first-order valence-corrected chi connectivity index (χ1v) is 12.8. The molecular formula is C20H32N5O10P. The third kappa shape index (κ3) is 7.34. The maximum Gasteiger partial charge on any atom is 0.510 e. The number of aromatic nitrogens is 4. The maximum atomic E-state index is 13.7. The lowest BCUT2D eigenvalue weighted by Gasteiger charge is -2.33. The molecule has 36 heavy (non-hydrogen) atoms. The predicted molar refractivity (Wildman–Crippen MR) is 124 cm³/mol. The molecule has 0 aliphatic heterocycles. The van der Waals surface area contributed by atoms with Crippen LogP contribution in [0.4, 0.5) is 10.6 Å². The number of carbonyl (C=O) groups excluding carboxylic acids is 2. The van der Waals surface area contributed by atoms with E-state index in [1.165, 1.54) is 26.5 Å². The molecule has 0 saturated heterocycles. The van der Waals surface area contributed by atoms with E-state index in [0.717, 1.165) is 0 Å². The topological polar surface area (TPSA) is 207 Å². The Morgan fingerprint density at radius 2 is 1.89 bits per heavy atom. The zero-order chi connectivity index (χ0) is 27.1. The van der Waals surface area contributed by atoms with Crippen LogP contribution in [-0.4, -0.2) is 79.8 Å². The summed E-state index contributed by atoms with van der Waals surface area (Å²) in [5.74, 6) is -2.76. The lowest BCUT2D eigenvalue weighted by molar-refractivity contribution is -0.166. The fourth-order valence-corrected chi connectivity index (χ4v) is 5.14. The molecule has 0 aliphatic rings. The first-order chi connectivity index (χ1) is 16.8. The largest absolute Gasteiger partial charge is 0.510 e. The molecule has 2 aromatic rings. The van der Waals surface area contributed by atoms with Crippen molar-refractivity contribution < 1.29 is 47.8 Å². The number of imidazole rings is 1. The highest BCUT2D eigenvalue weighted by Gasteiger charge is 2.49. The number of ether oxygens (including phenoxy) is 4. The molecule has 16 heteroatoms. The zero-order valence-corrected chi connectivity index (χ0v) is 21.6. The number of aliphatic hydroxyl groups excluding tert-OH is 2. The van der Waals surface area contributed by atoms with Gasteiger partial charge in [-0.2, -0.15) is 0 Å². The van der Waals surface area contributed by atoms with Crippen LogP contribution in [0.1, 0.15) is 34.6 Å². The van der Waals surface area contributed by atoms with Gasteiger partial charge in [-0.3, -0.25) is 13.9 Å². The molecule has 3 atom stereocenters.